The lowest BCUT2D eigenvalue weighted by Gasteiger charge is -2.48. The molecular formula is C35H37NO3. The Morgan fingerprint density at radius 2 is 1.28 bits per heavy atom. The van der Waals surface area contributed by atoms with Gasteiger partial charge in [0, 0.05) is 19.1 Å². The van der Waals surface area contributed by atoms with Gasteiger partial charge in [0.05, 0.1) is 5.54 Å². The van der Waals surface area contributed by atoms with E-state index in [1.807, 2.05) is 52.0 Å². The molecule has 0 amide bonds. The van der Waals surface area contributed by atoms with Gasteiger partial charge in [0.2, 0.25) is 0 Å². The zero-order valence-electron chi connectivity index (χ0n) is 23.2. The van der Waals surface area contributed by atoms with E-state index in [2.05, 4.69) is 89.8 Å². The number of carbonyl (C=O) groups is 1. The molecule has 0 saturated heterocycles. The minimum Gasteiger partial charge on any atom is -0.459 e. The molecule has 1 aliphatic carbocycles. The van der Waals surface area contributed by atoms with E-state index < -0.39 is 17.2 Å². The van der Waals surface area contributed by atoms with Gasteiger partial charge in [-0.1, -0.05) is 116 Å². The van der Waals surface area contributed by atoms with Gasteiger partial charge in [0.1, 0.15) is 11.6 Å². The van der Waals surface area contributed by atoms with E-state index in [-0.39, 0.29) is 18.5 Å². The molecule has 0 fully saturated rings. The largest absolute Gasteiger partial charge is 0.459 e. The Morgan fingerprint density at radius 1 is 0.795 bits per heavy atom. The predicted octanol–water partition coefficient (Wildman–Crippen LogP) is 6.80. The molecule has 5 rings (SSSR count). The number of aliphatic hydroxyl groups is 1. The van der Waals surface area contributed by atoms with Crippen molar-refractivity contribution in [1.29, 1.82) is 0 Å². The van der Waals surface area contributed by atoms with Gasteiger partial charge >= 0.3 is 5.97 Å². The van der Waals surface area contributed by atoms with Gasteiger partial charge < -0.3 is 9.84 Å². The molecule has 4 aromatic rings. The first kappa shape index (κ1) is 26.9. The summed E-state index contributed by atoms with van der Waals surface area (Å²) >= 11 is 0. The number of nitrogens with zero attached hydrogens (tertiary/aromatic N) is 1. The second kappa shape index (κ2) is 10.8. The number of ether oxygens (including phenoxy) is 1. The molecule has 4 nitrogen and oxygen atoms in total. The molecule has 0 heterocycles. The quantitative estimate of drug-likeness (QED) is 0.260. The predicted molar refractivity (Wildman–Crippen MR) is 156 cm³/mol. The Labute approximate surface area is 231 Å². The third kappa shape index (κ3) is 4.91. The van der Waals surface area contributed by atoms with Crippen LogP contribution in [-0.2, 0) is 21.6 Å². The number of hydrogen-bond donors (Lipinski definition) is 1. The fourth-order valence-corrected chi connectivity index (χ4v) is 6.01. The Kier molecular flexibility index (Phi) is 7.44. The first-order valence-corrected chi connectivity index (χ1v) is 13.7. The van der Waals surface area contributed by atoms with Crippen LogP contribution < -0.4 is 0 Å². The lowest BCUT2D eigenvalue weighted by molar-refractivity contribution is -0.167. The van der Waals surface area contributed by atoms with Crippen LogP contribution in [0.1, 0.15) is 49.9 Å². The molecule has 2 unspecified atom stereocenters. The first-order valence-electron chi connectivity index (χ1n) is 13.7. The Bertz CT molecular complexity index is 1380. The van der Waals surface area contributed by atoms with Crippen molar-refractivity contribution in [3.63, 3.8) is 0 Å². The zero-order chi connectivity index (χ0) is 27.6. The maximum absolute atomic E-state index is 14.2. The Morgan fingerprint density at radius 3 is 1.79 bits per heavy atom. The van der Waals surface area contributed by atoms with E-state index in [4.69, 9.17) is 4.74 Å². The Balaban J connectivity index is 1.86. The van der Waals surface area contributed by atoms with Crippen molar-refractivity contribution in [1.82, 2.24) is 4.90 Å². The number of benzene rings is 4. The number of aliphatic hydroxyl groups excluding tert-OH is 1. The van der Waals surface area contributed by atoms with Gasteiger partial charge in [-0.15, -0.1) is 0 Å². The van der Waals surface area contributed by atoms with E-state index in [9.17, 15) is 9.90 Å². The highest BCUT2D eigenvalue weighted by atomic mass is 16.6. The molecule has 1 aliphatic rings. The number of fused-ring (bicyclic) bond motifs is 3. The van der Waals surface area contributed by atoms with Gasteiger partial charge in [-0.3, -0.25) is 9.69 Å². The second-order valence-electron chi connectivity index (χ2n) is 11.4. The normalized spacial score (nSPS) is 15.3. The van der Waals surface area contributed by atoms with Gasteiger partial charge in [-0.2, -0.15) is 0 Å². The first-order chi connectivity index (χ1) is 18.8. The van der Waals surface area contributed by atoms with Crippen LogP contribution >= 0.6 is 0 Å². The summed E-state index contributed by atoms with van der Waals surface area (Å²) in [5.41, 5.74) is 5.21. The van der Waals surface area contributed by atoms with Gasteiger partial charge in [0.15, 0.2) is 0 Å². The summed E-state index contributed by atoms with van der Waals surface area (Å²) in [4.78, 5) is 16.4. The van der Waals surface area contributed by atoms with Crippen LogP contribution in [-0.4, -0.2) is 34.2 Å². The van der Waals surface area contributed by atoms with E-state index >= 15 is 0 Å². The van der Waals surface area contributed by atoms with Crippen molar-refractivity contribution in [2.75, 3.05) is 6.61 Å². The van der Waals surface area contributed by atoms with Crippen molar-refractivity contribution >= 4 is 5.97 Å². The van der Waals surface area contributed by atoms with Crippen LogP contribution in [0.4, 0.5) is 0 Å². The average molecular weight is 520 g/mol. The molecule has 0 aromatic heterocycles. The van der Waals surface area contributed by atoms with Crippen LogP contribution in [0.3, 0.4) is 0 Å². The van der Waals surface area contributed by atoms with Crippen molar-refractivity contribution in [2.45, 2.75) is 51.4 Å². The number of carbonyl (C=O) groups excluding carboxylic acids is 1. The van der Waals surface area contributed by atoms with Crippen LogP contribution in [0, 0.1) is 5.92 Å². The van der Waals surface area contributed by atoms with E-state index in [1.54, 1.807) is 0 Å². The summed E-state index contributed by atoms with van der Waals surface area (Å²) in [6, 6.07) is 36.9. The van der Waals surface area contributed by atoms with Crippen molar-refractivity contribution in [3.8, 4) is 11.1 Å². The average Bonchev–Trinajstić information content (AvgIpc) is 3.24. The van der Waals surface area contributed by atoms with Crippen molar-refractivity contribution in [2.24, 2.45) is 5.92 Å². The SMILES string of the molecule is CC(CO)C(C(=O)OC(C)(C)C)N(Cc1ccccc1)C1(c2ccccc2)c2ccccc2-c2ccccc21. The zero-order valence-corrected chi connectivity index (χ0v) is 23.2. The summed E-state index contributed by atoms with van der Waals surface area (Å²) in [6.45, 7) is 7.93. The third-order valence-corrected chi connectivity index (χ3v) is 7.55. The van der Waals surface area contributed by atoms with Crippen LogP contribution in [0.25, 0.3) is 11.1 Å². The molecule has 0 aliphatic heterocycles. The van der Waals surface area contributed by atoms with Crippen molar-refractivity contribution < 1.29 is 14.6 Å². The van der Waals surface area contributed by atoms with Gasteiger partial charge in [0.25, 0.3) is 0 Å². The van der Waals surface area contributed by atoms with E-state index in [1.165, 1.54) is 0 Å². The highest BCUT2D eigenvalue weighted by molar-refractivity contribution is 5.84. The monoisotopic (exact) mass is 519 g/mol. The number of hydrogen-bond acceptors (Lipinski definition) is 4. The molecule has 0 spiro atoms. The molecule has 0 saturated carbocycles. The Hall–Kier alpha value is -3.73. The van der Waals surface area contributed by atoms with E-state index in [0.29, 0.717) is 6.54 Å². The summed E-state index contributed by atoms with van der Waals surface area (Å²) < 4.78 is 6.07. The molecule has 2 atom stereocenters. The molecule has 4 heteroatoms. The number of esters is 1. The topological polar surface area (TPSA) is 49.8 Å². The molecule has 0 radical (unpaired) electrons. The minimum absolute atomic E-state index is 0.149. The second-order valence-corrected chi connectivity index (χ2v) is 11.4. The summed E-state index contributed by atoms with van der Waals surface area (Å²) in [7, 11) is 0. The molecule has 39 heavy (non-hydrogen) atoms. The van der Waals surface area contributed by atoms with E-state index in [0.717, 1.165) is 33.4 Å². The highest BCUT2D eigenvalue weighted by Crippen LogP contribution is 2.55. The van der Waals surface area contributed by atoms with Crippen molar-refractivity contribution in [3.05, 3.63) is 131 Å². The summed E-state index contributed by atoms with van der Waals surface area (Å²) in [5.74, 6) is -0.721. The maximum atomic E-state index is 14.2. The molecule has 0 bridgehead atoms. The summed E-state index contributed by atoms with van der Waals surface area (Å²) in [5, 5.41) is 10.5. The third-order valence-electron chi connectivity index (χ3n) is 7.55. The van der Waals surface area contributed by atoms with Crippen LogP contribution in [0.2, 0.25) is 0 Å². The van der Waals surface area contributed by atoms with Gasteiger partial charge in [-0.25, -0.2) is 0 Å². The molecule has 4 aromatic carbocycles. The van der Waals surface area contributed by atoms with Gasteiger partial charge in [-0.05, 0) is 54.2 Å². The minimum atomic E-state index is -0.796. The smallest absolute Gasteiger partial charge is 0.324 e. The van der Waals surface area contributed by atoms with Crippen LogP contribution in [0.15, 0.2) is 109 Å². The fourth-order valence-electron chi connectivity index (χ4n) is 6.01. The lowest BCUT2D eigenvalue weighted by Crippen LogP contribution is -2.58. The number of rotatable bonds is 8. The standard InChI is InChI=1S/C35H37NO3/c1-25(24-37)32(33(38)39-34(2,3)4)36(23-26-15-7-5-8-16-26)35(27-17-9-6-10-18-27)30-21-13-11-19-28(30)29-20-12-14-22-31(29)35/h5-22,25,32,37H,23-24H2,1-4H3. The molecule has 200 valence electrons. The maximum Gasteiger partial charge on any atom is 0.324 e. The summed E-state index contributed by atoms with van der Waals surface area (Å²) in [6.07, 6.45) is 0. The lowest BCUT2D eigenvalue weighted by atomic mass is 9.76. The molecule has 1 N–H and O–H groups in total. The highest BCUT2D eigenvalue weighted by Gasteiger charge is 2.53. The fraction of sp³-hybridized carbons (Fsp3) is 0.286. The molecular weight excluding hydrogens is 482 g/mol. The van der Waals surface area contributed by atoms with Crippen LogP contribution in [0.5, 0.6) is 0 Å².